The second-order valence-corrected chi connectivity index (χ2v) is 8.11. The molecule has 4 rings (SSSR count). The number of aromatic nitrogens is 1. The summed E-state index contributed by atoms with van der Waals surface area (Å²) in [5.41, 5.74) is 1.14. The molecule has 31 heavy (non-hydrogen) atoms. The van der Waals surface area contributed by atoms with Gasteiger partial charge in [0.05, 0.1) is 24.9 Å². The zero-order valence-corrected chi connectivity index (χ0v) is 17.6. The Labute approximate surface area is 183 Å². The predicted molar refractivity (Wildman–Crippen MR) is 116 cm³/mol. The molecule has 0 saturated heterocycles. The van der Waals surface area contributed by atoms with Crippen molar-refractivity contribution in [3.05, 3.63) is 71.1 Å². The molecule has 3 aromatic rings. The third-order valence-electron chi connectivity index (χ3n) is 4.76. The van der Waals surface area contributed by atoms with Crippen LogP contribution in [0.15, 0.2) is 58.5 Å². The third-order valence-corrected chi connectivity index (χ3v) is 5.57. The number of hydrogen-bond acceptors (Lipinski definition) is 6. The molecule has 1 aromatic carbocycles. The molecule has 0 spiro atoms. The second-order valence-electron chi connectivity index (χ2n) is 7.26. The molecule has 0 radical (unpaired) electrons. The van der Waals surface area contributed by atoms with E-state index in [9.17, 15) is 14.4 Å². The maximum absolute atomic E-state index is 12.8. The summed E-state index contributed by atoms with van der Waals surface area (Å²) in [5, 5.41) is 7.63. The van der Waals surface area contributed by atoms with E-state index in [4.69, 9.17) is 4.42 Å². The minimum Gasteiger partial charge on any atom is -0.467 e. The molecule has 2 heterocycles. The normalized spacial score (nSPS) is 12.9. The van der Waals surface area contributed by atoms with Crippen molar-refractivity contribution < 1.29 is 18.8 Å². The van der Waals surface area contributed by atoms with Crippen molar-refractivity contribution in [2.45, 2.75) is 31.8 Å². The van der Waals surface area contributed by atoms with Crippen LogP contribution >= 0.6 is 11.3 Å². The molecule has 2 N–H and O–H groups in total. The van der Waals surface area contributed by atoms with Crippen LogP contribution in [0.4, 0.5) is 5.13 Å². The number of thiazole rings is 1. The first kappa shape index (κ1) is 20.8. The van der Waals surface area contributed by atoms with Crippen LogP contribution < -0.4 is 10.6 Å². The van der Waals surface area contributed by atoms with E-state index in [0.29, 0.717) is 28.7 Å². The zero-order valence-electron chi connectivity index (χ0n) is 16.7. The molecule has 1 aliphatic rings. The first-order chi connectivity index (χ1) is 15.1. The highest BCUT2D eigenvalue weighted by atomic mass is 32.1. The number of furan rings is 1. The average Bonchev–Trinajstić information content (AvgIpc) is 3.30. The molecule has 9 heteroatoms. The van der Waals surface area contributed by atoms with Crippen molar-refractivity contribution in [1.82, 2.24) is 15.2 Å². The fourth-order valence-electron chi connectivity index (χ4n) is 3.08. The number of benzene rings is 1. The van der Waals surface area contributed by atoms with E-state index >= 15 is 0 Å². The maximum atomic E-state index is 12.8. The number of nitrogens with one attached hydrogen (secondary N) is 2. The zero-order chi connectivity index (χ0) is 21.6. The Morgan fingerprint density at radius 3 is 2.61 bits per heavy atom. The van der Waals surface area contributed by atoms with Gasteiger partial charge in [-0.25, -0.2) is 4.98 Å². The van der Waals surface area contributed by atoms with Crippen LogP contribution in [0.5, 0.6) is 0 Å². The van der Waals surface area contributed by atoms with Gasteiger partial charge in [-0.15, -0.1) is 11.3 Å². The molecule has 0 aliphatic heterocycles. The van der Waals surface area contributed by atoms with Crippen LogP contribution in [0.2, 0.25) is 0 Å². The lowest BCUT2D eigenvalue weighted by Gasteiger charge is -2.21. The third kappa shape index (κ3) is 5.79. The highest BCUT2D eigenvalue weighted by Gasteiger charge is 2.34. The van der Waals surface area contributed by atoms with Crippen LogP contribution in [0.25, 0.3) is 0 Å². The first-order valence-electron chi connectivity index (χ1n) is 9.98. The Kier molecular flexibility index (Phi) is 6.42. The van der Waals surface area contributed by atoms with Crippen molar-refractivity contribution in [1.29, 1.82) is 0 Å². The Balaban J connectivity index is 1.29. The summed E-state index contributed by atoms with van der Waals surface area (Å²) in [6, 6.07) is 12.6. The number of rotatable bonds is 9. The lowest BCUT2D eigenvalue weighted by atomic mass is 10.2. The number of anilines is 1. The monoisotopic (exact) mass is 438 g/mol. The lowest BCUT2D eigenvalue weighted by Crippen LogP contribution is -2.39. The summed E-state index contributed by atoms with van der Waals surface area (Å²) in [6.07, 6.45) is 3.46. The first-order valence-corrected chi connectivity index (χ1v) is 10.9. The Morgan fingerprint density at radius 1 is 1.10 bits per heavy atom. The van der Waals surface area contributed by atoms with E-state index in [1.807, 2.05) is 6.07 Å². The van der Waals surface area contributed by atoms with Gasteiger partial charge in [-0.1, -0.05) is 18.2 Å². The molecule has 0 bridgehead atoms. The van der Waals surface area contributed by atoms with Crippen LogP contribution in [-0.4, -0.2) is 40.2 Å². The number of amides is 3. The fourth-order valence-corrected chi connectivity index (χ4v) is 3.81. The van der Waals surface area contributed by atoms with Crippen LogP contribution in [0.3, 0.4) is 0 Å². The van der Waals surface area contributed by atoms with E-state index in [1.54, 1.807) is 52.9 Å². The Bertz CT molecular complexity index is 1040. The van der Waals surface area contributed by atoms with Crippen molar-refractivity contribution in [3.63, 3.8) is 0 Å². The summed E-state index contributed by atoms with van der Waals surface area (Å²) in [6.45, 7) is 0.281. The number of hydrogen-bond donors (Lipinski definition) is 2. The van der Waals surface area contributed by atoms with E-state index in [0.717, 1.165) is 12.8 Å². The minimum absolute atomic E-state index is 0.0308. The van der Waals surface area contributed by atoms with Gasteiger partial charge in [0.1, 0.15) is 12.3 Å². The van der Waals surface area contributed by atoms with E-state index < -0.39 is 0 Å². The van der Waals surface area contributed by atoms with E-state index in [1.165, 1.54) is 11.3 Å². The van der Waals surface area contributed by atoms with Crippen LogP contribution in [0.1, 0.15) is 34.7 Å². The largest absolute Gasteiger partial charge is 0.467 e. The average molecular weight is 439 g/mol. The molecule has 8 nitrogen and oxygen atoms in total. The molecule has 0 atom stereocenters. The molecule has 1 saturated carbocycles. The lowest BCUT2D eigenvalue weighted by molar-refractivity contribution is -0.120. The molecule has 3 amide bonds. The van der Waals surface area contributed by atoms with Crippen LogP contribution in [-0.2, 0) is 22.6 Å². The second kappa shape index (κ2) is 9.57. The molecule has 0 unspecified atom stereocenters. The van der Waals surface area contributed by atoms with Crippen molar-refractivity contribution >= 4 is 34.2 Å². The molecule has 1 aliphatic carbocycles. The standard InChI is InChI=1S/C22H22N4O4S/c27-19(23-12-18-7-4-10-30-18)11-16-14-31-22(24-16)25-20(28)13-26(17-8-9-17)21(29)15-5-2-1-3-6-15/h1-7,10,14,17H,8-9,11-13H2,(H,23,27)(H,24,25,28). The van der Waals surface area contributed by atoms with Crippen molar-refractivity contribution in [2.75, 3.05) is 11.9 Å². The highest BCUT2D eigenvalue weighted by molar-refractivity contribution is 7.13. The van der Waals surface area contributed by atoms with E-state index in [-0.39, 0.29) is 36.7 Å². The fraction of sp³-hybridized carbons (Fsp3) is 0.273. The quantitative estimate of drug-likeness (QED) is 0.535. The molecule has 2 aromatic heterocycles. The van der Waals surface area contributed by atoms with E-state index in [2.05, 4.69) is 15.6 Å². The number of carbonyl (C=O) groups is 3. The van der Waals surface area contributed by atoms with Gasteiger partial charge in [0.15, 0.2) is 5.13 Å². The molecule has 1 fully saturated rings. The topological polar surface area (TPSA) is 105 Å². The summed E-state index contributed by atoms with van der Waals surface area (Å²) >= 11 is 1.25. The van der Waals surface area contributed by atoms with Gasteiger partial charge in [-0.3, -0.25) is 14.4 Å². The number of carbonyl (C=O) groups excluding carboxylic acids is 3. The summed E-state index contributed by atoms with van der Waals surface area (Å²) < 4.78 is 5.18. The molecular formula is C22H22N4O4S. The maximum Gasteiger partial charge on any atom is 0.254 e. The Hall–Kier alpha value is -3.46. The molecule has 160 valence electrons. The number of nitrogens with zero attached hydrogens (tertiary/aromatic N) is 2. The van der Waals surface area contributed by atoms with Crippen molar-refractivity contribution in [3.8, 4) is 0 Å². The summed E-state index contributed by atoms with van der Waals surface area (Å²) in [5.74, 6) is 0.0310. The van der Waals surface area contributed by atoms with Gasteiger partial charge >= 0.3 is 0 Å². The van der Waals surface area contributed by atoms with Gasteiger partial charge in [-0.05, 0) is 37.1 Å². The Morgan fingerprint density at radius 2 is 1.90 bits per heavy atom. The smallest absolute Gasteiger partial charge is 0.254 e. The molecular weight excluding hydrogens is 416 g/mol. The summed E-state index contributed by atoms with van der Waals surface area (Å²) in [4.78, 5) is 43.3. The van der Waals surface area contributed by atoms with Gasteiger partial charge in [0, 0.05) is 17.0 Å². The van der Waals surface area contributed by atoms with Gasteiger partial charge < -0.3 is 20.0 Å². The predicted octanol–water partition coefficient (Wildman–Crippen LogP) is 2.84. The van der Waals surface area contributed by atoms with Gasteiger partial charge in [-0.2, -0.15) is 0 Å². The van der Waals surface area contributed by atoms with Crippen LogP contribution in [0, 0.1) is 0 Å². The van der Waals surface area contributed by atoms with Gasteiger partial charge in [0.2, 0.25) is 11.8 Å². The van der Waals surface area contributed by atoms with Gasteiger partial charge in [0.25, 0.3) is 5.91 Å². The summed E-state index contributed by atoms with van der Waals surface area (Å²) in [7, 11) is 0. The highest BCUT2D eigenvalue weighted by Crippen LogP contribution is 2.28. The minimum atomic E-state index is -0.306. The SMILES string of the molecule is O=C(Cc1csc(NC(=O)CN(C(=O)c2ccccc2)C2CC2)n1)NCc1ccco1. The van der Waals surface area contributed by atoms with Crippen molar-refractivity contribution in [2.24, 2.45) is 0 Å².